The topological polar surface area (TPSA) is 84.9 Å². The first-order chi connectivity index (χ1) is 13.0. The fourth-order valence-electron chi connectivity index (χ4n) is 3.37. The van der Waals surface area contributed by atoms with Gasteiger partial charge in [-0.1, -0.05) is 19.1 Å². The van der Waals surface area contributed by atoms with E-state index in [0.29, 0.717) is 56.6 Å². The third kappa shape index (κ3) is 5.07. The summed E-state index contributed by atoms with van der Waals surface area (Å²) in [4.78, 5) is 38.3. The van der Waals surface area contributed by atoms with Crippen molar-refractivity contribution in [1.29, 1.82) is 0 Å². The van der Waals surface area contributed by atoms with Gasteiger partial charge in [0.05, 0.1) is 20.6 Å². The molecular formula is C20H28N2O5. The highest BCUT2D eigenvalue weighted by Crippen LogP contribution is 2.30. The number of hydrogen-bond donors (Lipinski definition) is 1. The maximum Gasteiger partial charge on any atom is 0.331 e. The number of piperidine rings is 1. The lowest BCUT2D eigenvalue weighted by molar-refractivity contribution is -0.148. The normalized spacial score (nSPS) is 16.4. The van der Waals surface area contributed by atoms with Gasteiger partial charge in [0.25, 0.3) is 0 Å². The molecule has 0 aromatic heterocycles. The number of nitrogens with one attached hydrogen (secondary N) is 1. The van der Waals surface area contributed by atoms with Crippen molar-refractivity contribution in [2.75, 3.05) is 39.2 Å². The van der Waals surface area contributed by atoms with Crippen LogP contribution in [-0.2, 0) is 19.1 Å². The molecule has 2 rings (SSSR count). The zero-order valence-corrected chi connectivity index (χ0v) is 16.2. The summed E-state index contributed by atoms with van der Waals surface area (Å²) < 4.78 is 9.74. The van der Waals surface area contributed by atoms with E-state index < -0.39 is 5.54 Å². The van der Waals surface area contributed by atoms with Crippen molar-refractivity contribution in [2.45, 2.75) is 38.1 Å². The average molecular weight is 376 g/mol. The minimum atomic E-state index is -0.888. The summed E-state index contributed by atoms with van der Waals surface area (Å²) in [7, 11) is 2.75. The van der Waals surface area contributed by atoms with Gasteiger partial charge >= 0.3 is 11.9 Å². The van der Waals surface area contributed by atoms with E-state index in [2.05, 4.69) is 15.0 Å². The zero-order valence-electron chi connectivity index (χ0n) is 16.2. The molecule has 0 atom stereocenters. The Hall–Kier alpha value is -2.41. The number of ether oxygens (including phenoxy) is 2. The summed E-state index contributed by atoms with van der Waals surface area (Å²) in [6.45, 7) is 3.69. The zero-order chi connectivity index (χ0) is 19.9. The highest BCUT2D eigenvalue weighted by molar-refractivity contribution is 6.01. The number of para-hydroxylation sites is 1. The van der Waals surface area contributed by atoms with Crippen molar-refractivity contribution in [3.8, 4) is 0 Å². The lowest BCUT2D eigenvalue weighted by Gasteiger charge is -2.41. The molecule has 0 amide bonds. The van der Waals surface area contributed by atoms with Crippen molar-refractivity contribution in [3.05, 3.63) is 29.8 Å². The summed E-state index contributed by atoms with van der Waals surface area (Å²) in [5.74, 6) is -0.563. The quantitative estimate of drug-likeness (QED) is 0.550. The van der Waals surface area contributed by atoms with Crippen molar-refractivity contribution < 1.29 is 23.9 Å². The van der Waals surface area contributed by atoms with Gasteiger partial charge in [-0.05, 0) is 25.0 Å². The Bertz CT molecular complexity index is 681. The summed E-state index contributed by atoms with van der Waals surface area (Å²) in [6, 6.07) is 7.24. The van der Waals surface area contributed by atoms with Crippen LogP contribution in [-0.4, -0.2) is 62.0 Å². The number of carbonyl (C=O) groups excluding carboxylic acids is 3. The molecule has 1 aromatic carbocycles. The van der Waals surface area contributed by atoms with Gasteiger partial charge in [-0.2, -0.15) is 0 Å². The Morgan fingerprint density at radius 2 is 1.78 bits per heavy atom. The number of hydrogen-bond acceptors (Lipinski definition) is 7. The molecule has 0 unspecified atom stereocenters. The van der Waals surface area contributed by atoms with E-state index in [1.807, 2.05) is 25.1 Å². The Morgan fingerprint density at radius 3 is 2.37 bits per heavy atom. The minimum Gasteiger partial charge on any atom is -0.469 e. The molecule has 0 radical (unpaired) electrons. The Morgan fingerprint density at radius 1 is 1.11 bits per heavy atom. The second kappa shape index (κ2) is 9.50. The summed E-state index contributed by atoms with van der Waals surface area (Å²) >= 11 is 0. The van der Waals surface area contributed by atoms with Gasteiger partial charge in [-0.25, -0.2) is 4.79 Å². The fourth-order valence-corrected chi connectivity index (χ4v) is 3.37. The second-order valence-corrected chi connectivity index (χ2v) is 6.69. The third-order valence-electron chi connectivity index (χ3n) is 5.07. The van der Waals surface area contributed by atoms with Gasteiger partial charge in [0.2, 0.25) is 0 Å². The lowest BCUT2D eigenvalue weighted by atomic mass is 9.86. The van der Waals surface area contributed by atoms with E-state index >= 15 is 0 Å². The molecule has 0 spiro atoms. The SMILES string of the molecule is CCC(=O)c1ccccc1NC1(C(=O)OC)CCN(CCC(=O)OC)CC1. The van der Waals surface area contributed by atoms with Gasteiger partial charge in [0, 0.05) is 37.3 Å². The molecule has 1 heterocycles. The molecule has 27 heavy (non-hydrogen) atoms. The highest BCUT2D eigenvalue weighted by atomic mass is 16.5. The van der Waals surface area contributed by atoms with Crippen LogP contribution in [0.3, 0.4) is 0 Å². The van der Waals surface area contributed by atoms with Crippen LogP contribution in [0.25, 0.3) is 0 Å². The number of nitrogens with zero attached hydrogens (tertiary/aromatic N) is 1. The van der Waals surface area contributed by atoms with E-state index in [-0.39, 0.29) is 17.7 Å². The first-order valence-electron chi connectivity index (χ1n) is 9.23. The van der Waals surface area contributed by atoms with Crippen molar-refractivity contribution in [1.82, 2.24) is 4.90 Å². The molecular weight excluding hydrogens is 348 g/mol. The summed E-state index contributed by atoms with van der Waals surface area (Å²) in [5, 5.41) is 3.31. The first-order valence-corrected chi connectivity index (χ1v) is 9.23. The first kappa shape index (κ1) is 20.9. The Balaban J connectivity index is 2.15. The van der Waals surface area contributed by atoms with Crippen LogP contribution < -0.4 is 5.32 Å². The number of methoxy groups -OCH3 is 2. The fraction of sp³-hybridized carbons (Fsp3) is 0.550. The van der Waals surface area contributed by atoms with E-state index in [1.165, 1.54) is 14.2 Å². The molecule has 7 heteroatoms. The monoisotopic (exact) mass is 376 g/mol. The van der Waals surface area contributed by atoms with Gasteiger partial charge in [-0.15, -0.1) is 0 Å². The number of likely N-dealkylation sites (tertiary alicyclic amines) is 1. The largest absolute Gasteiger partial charge is 0.469 e. The Labute approximate surface area is 160 Å². The Kier molecular flexibility index (Phi) is 7.36. The maximum absolute atomic E-state index is 12.6. The third-order valence-corrected chi connectivity index (χ3v) is 5.07. The molecule has 148 valence electrons. The smallest absolute Gasteiger partial charge is 0.331 e. The van der Waals surface area contributed by atoms with Crippen molar-refractivity contribution >= 4 is 23.4 Å². The molecule has 0 aliphatic carbocycles. The van der Waals surface area contributed by atoms with Crippen LogP contribution in [0, 0.1) is 0 Å². The van der Waals surface area contributed by atoms with E-state index in [0.717, 1.165) is 0 Å². The van der Waals surface area contributed by atoms with Gasteiger partial charge in [-0.3, -0.25) is 9.59 Å². The van der Waals surface area contributed by atoms with Crippen LogP contribution in [0.2, 0.25) is 0 Å². The molecule has 0 bridgehead atoms. The number of Topliss-reactive ketones (excluding diaryl/α,β-unsaturated/α-hetero) is 1. The predicted molar refractivity (Wildman–Crippen MR) is 102 cm³/mol. The van der Waals surface area contributed by atoms with Crippen LogP contribution in [0.4, 0.5) is 5.69 Å². The van der Waals surface area contributed by atoms with E-state index in [9.17, 15) is 14.4 Å². The number of rotatable bonds is 8. The number of benzene rings is 1. The predicted octanol–water partition coefficient (Wildman–Crippen LogP) is 2.26. The van der Waals surface area contributed by atoms with Crippen molar-refractivity contribution in [3.63, 3.8) is 0 Å². The van der Waals surface area contributed by atoms with E-state index in [4.69, 9.17) is 4.74 Å². The van der Waals surface area contributed by atoms with Crippen molar-refractivity contribution in [2.24, 2.45) is 0 Å². The number of esters is 2. The average Bonchev–Trinajstić information content (AvgIpc) is 2.72. The molecule has 7 nitrogen and oxygen atoms in total. The molecule has 1 aliphatic heterocycles. The van der Waals surface area contributed by atoms with E-state index in [1.54, 1.807) is 6.07 Å². The molecule has 1 fully saturated rings. The van der Waals surface area contributed by atoms with Crippen LogP contribution in [0.1, 0.15) is 43.0 Å². The minimum absolute atomic E-state index is 0.0219. The van der Waals surface area contributed by atoms with Gasteiger partial charge < -0.3 is 19.7 Å². The maximum atomic E-state index is 12.6. The summed E-state index contributed by atoms with van der Waals surface area (Å²) in [6.07, 6.45) is 1.76. The van der Waals surface area contributed by atoms with Gasteiger partial charge in [0.15, 0.2) is 5.78 Å². The molecule has 1 aromatic rings. The molecule has 0 saturated carbocycles. The lowest BCUT2D eigenvalue weighted by Crippen LogP contribution is -2.55. The molecule has 1 saturated heterocycles. The van der Waals surface area contributed by atoms with Crippen LogP contribution in [0.15, 0.2) is 24.3 Å². The number of ketones is 1. The standard InChI is InChI=1S/C20H28N2O5/c1-4-17(23)15-7-5-6-8-16(15)21-20(19(25)27-3)10-13-22(14-11-20)12-9-18(24)26-2/h5-8,21H,4,9-14H2,1-3H3. The van der Waals surface area contributed by atoms with Crippen LogP contribution in [0.5, 0.6) is 0 Å². The highest BCUT2D eigenvalue weighted by Gasteiger charge is 2.43. The number of carbonyl (C=O) groups is 3. The molecule has 1 N–H and O–H groups in total. The van der Waals surface area contributed by atoms with Crippen LogP contribution >= 0.6 is 0 Å². The second-order valence-electron chi connectivity index (χ2n) is 6.69. The summed E-state index contributed by atoms with van der Waals surface area (Å²) in [5.41, 5.74) is 0.342. The van der Waals surface area contributed by atoms with Gasteiger partial charge in [0.1, 0.15) is 5.54 Å². The molecule has 1 aliphatic rings. The number of anilines is 1.